The molecule has 8 nitrogen and oxygen atoms in total. The normalized spacial score (nSPS) is 21.4. The quantitative estimate of drug-likeness (QED) is 0.328. The van der Waals surface area contributed by atoms with Crippen molar-refractivity contribution < 1.29 is 13.2 Å². The fourth-order valence-corrected chi connectivity index (χ4v) is 5.32. The number of carbonyl (C=O) groups is 1. The molecular formula is C19H30IN5O3S. The van der Waals surface area contributed by atoms with E-state index in [0.29, 0.717) is 19.4 Å². The molecule has 0 bridgehead atoms. The van der Waals surface area contributed by atoms with Crippen molar-refractivity contribution in [2.45, 2.75) is 18.9 Å². The first-order valence-electron chi connectivity index (χ1n) is 9.72. The average Bonchev–Trinajstić information content (AvgIpc) is 3.04. The Morgan fingerprint density at radius 3 is 2.45 bits per heavy atom. The van der Waals surface area contributed by atoms with Gasteiger partial charge in [0, 0.05) is 57.9 Å². The predicted molar refractivity (Wildman–Crippen MR) is 127 cm³/mol. The van der Waals surface area contributed by atoms with E-state index in [-0.39, 0.29) is 47.4 Å². The van der Waals surface area contributed by atoms with Gasteiger partial charge in [-0.3, -0.25) is 9.79 Å². The van der Waals surface area contributed by atoms with Gasteiger partial charge in [-0.25, -0.2) is 8.42 Å². The van der Waals surface area contributed by atoms with Crippen LogP contribution in [0.2, 0.25) is 0 Å². The second-order valence-electron chi connectivity index (χ2n) is 7.20. The fraction of sp³-hybridized carbons (Fsp3) is 0.579. The molecule has 1 amide bonds. The third-order valence-electron chi connectivity index (χ3n) is 5.15. The number of sulfone groups is 1. The summed E-state index contributed by atoms with van der Waals surface area (Å²) in [7, 11) is -1.23. The summed E-state index contributed by atoms with van der Waals surface area (Å²) < 4.78 is 22.9. The maximum absolute atomic E-state index is 12.0. The summed E-state index contributed by atoms with van der Waals surface area (Å²) in [5.74, 6) is 0.889. The lowest BCUT2D eigenvalue weighted by Crippen LogP contribution is -2.53. The van der Waals surface area contributed by atoms with E-state index in [4.69, 9.17) is 0 Å². The molecule has 2 N–H and O–H groups in total. The van der Waals surface area contributed by atoms with E-state index >= 15 is 0 Å². The lowest BCUT2D eigenvalue weighted by molar-refractivity contribution is -0.121. The molecular weight excluding hydrogens is 505 g/mol. The van der Waals surface area contributed by atoms with Crippen molar-refractivity contribution >= 4 is 51.4 Å². The van der Waals surface area contributed by atoms with Gasteiger partial charge in [0.25, 0.3) is 0 Å². The minimum absolute atomic E-state index is 0. The van der Waals surface area contributed by atoms with Crippen LogP contribution in [0.3, 0.4) is 0 Å². The van der Waals surface area contributed by atoms with E-state index < -0.39 is 9.84 Å². The van der Waals surface area contributed by atoms with Crippen LogP contribution < -0.4 is 15.5 Å². The van der Waals surface area contributed by atoms with Crippen molar-refractivity contribution in [1.29, 1.82) is 0 Å². The predicted octanol–water partition coefficient (Wildman–Crippen LogP) is 0.695. The van der Waals surface area contributed by atoms with Crippen molar-refractivity contribution in [2.24, 2.45) is 4.99 Å². The molecule has 0 aromatic heterocycles. The van der Waals surface area contributed by atoms with Crippen LogP contribution in [0.15, 0.2) is 35.3 Å². The van der Waals surface area contributed by atoms with Gasteiger partial charge in [-0.05, 0) is 18.6 Å². The third-order valence-corrected chi connectivity index (χ3v) is 6.91. The monoisotopic (exact) mass is 535 g/mol. The Balaban J connectivity index is 0.00000300. The zero-order valence-electron chi connectivity index (χ0n) is 16.7. The summed E-state index contributed by atoms with van der Waals surface area (Å²) >= 11 is 0. The number of piperazine rings is 1. The molecule has 0 radical (unpaired) electrons. The van der Waals surface area contributed by atoms with Crippen molar-refractivity contribution in [2.75, 3.05) is 56.2 Å². The molecule has 1 atom stereocenters. The number of benzene rings is 1. The molecule has 2 saturated heterocycles. The first-order chi connectivity index (χ1) is 13.5. The van der Waals surface area contributed by atoms with Crippen LogP contribution >= 0.6 is 24.0 Å². The molecule has 29 heavy (non-hydrogen) atoms. The van der Waals surface area contributed by atoms with Crippen molar-refractivity contribution in [3.05, 3.63) is 30.3 Å². The highest BCUT2D eigenvalue weighted by molar-refractivity contribution is 14.0. The number of guanidine groups is 1. The van der Waals surface area contributed by atoms with Crippen molar-refractivity contribution in [3.63, 3.8) is 0 Å². The van der Waals surface area contributed by atoms with Crippen LogP contribution in [0.5, 0.6) is 0 Å². The molecule has 10 heteroatoms. The van der Waals surface area contributed by atoms with Crippen LogP contribution in [0, 0.1) is 0 Å². The number of carbonyl (C=O) groups excluding carboxylic acids is 1. The number of nitrogens with one attached hydrogen (secondary N) is 2. The Kier molecular flexibility index (Phi) is 9.00. The summed E-state index contributed by atoms with van der Waals surface area (Å²) in [5.41, 5.74) is 1.23. The fourth-order valence-electron chi connectivity index (χ4n) is 3.64. The summed E-state index contributed by atoms with van der Waals surface area (Å²) in [4.78, 5) is 20.9. The molecule has 0 spiro atoms. The number of anilines is 1. The van der Waals surface area contributed by atoms with Gasteiger partial charge < -0.3 is 20.4 Å². The zero-order chi connectivity index (χ0) is 20.0. The lowest BCUT2D eigenvalue weighted by Gasteiger charge is -2.37. The summed E-state index contributed by atoms with van der Waals surface area (Å²) in [6, 6.07) is 10.1. The van der Waals surface area contributed by atoms with Gasteiger partial charge >= 0.3 is 0 Å². The highest BCUT2D eigenvalue weighted by Gasteiger charge is 2.28. The Bertz CT molecular complexity index is 795. The number of aliphatic imine (C=N–C) groups is 1. The first kappa shape index (κ1) is 23.7. The van der Waals surface area contributed by atoms with Gasteiger partial charge in [0.15, 0.2) is 15.8 Å². The molecule has 1 unspecified atom stereocenters. The molecule has 2 heterocycles. The molecule has 3 rings (SSSR count). The molecule has 0 aliphatic carbocycles. The SMILES string of the molecule is CN=C(NCCC(=O)NC1CCS(=O)(=O)C1)N1CCN(c2ccccc2)CC1.I. The first-order valence-corrected chi connectivity index (χ1v) is 11.5. The number of amides is 1. The number of hydrogen-bond donors (Lipinski definition) is 2. The van der Waals surface area contributed by atoms with Crippen LogP contribution in [0.25, 0.3) is 0 Å². The van der Waals surface area contributed by atoms with Crippen LogP contribution in [-0.2, 0) is 14.6 Å². The maximum atomic E-state index is 12.0. The van der Waals surface area contributed by atoms with Gasteiger partial charge in [0.2, 0.25) is 5.91 Å². The molecule has 0 saturated carbocycles. The minimum atomic E-state index is -2.98. The van der Waals surface area contributed by atoms with Gasteiger partial charge in [-0.15, -0.1) is 24.0 Å². The smallest absolute Gasteiger partial charge is 0.222 e. The van der Waals surface area contributed by atoms with Crippen LogP contribution in [0.1, 0.15) is 12.8 Å². The van der Waals surface area contributed by atoms with Crippen molar-refractivity contribution in [3.8, 4) is 0 Å². The van der Waals surface area contributed by atoms with Crippen molar-refractivity contribution in [1.82, 2.24) is 15.5 Å². The Morgan fingerprint density at radius 1 is 1.17 bits per heavy atom. The average molecular weight is 535 g/mol. The summed E-state index contributed by atoms with van der Waals surface area (Å²) in [6.45, 7) is 4.03. The number of para-hydroxylation sites is 1. The number of halogens is 1. The van der Waals surface area contributed by atoms with Gasteiger partial charge in [-0.2, -0.15) is 0 Å². The Morgan fingerprint density at radius 2 is 1.86 bits per heavy atom. The van der Waals surface area contributed by atoms with E-state index in [9.17, 15) is 13.2 Å². The Hall–Kier alpha value is -1.56. The molecule has 1 aromatic rings. The van der Waals surface area contributed by atoms with E-state index in [1.165, 1.54) is 5.69 Å². The van der Waals surface area contributed by atoms with Gasteiger partial charge in [0.05, 0.1) is 11.5 Å². The highest BCUT2D eigenvalue weighted by atomic mass is 127. The second kappa shape index (κ2) is 11.0. The molecule has 2 aliphatic heterocycles. The van der Waals surface area contributed by atoms with Crippen LogP contribution in [0.4, 0.5) is 5.69 Å². The molecule has 1 aromatic carbocycles. The second-order valence-corrected chi connectivity index (χ2v) is 9.43. The Labute approximate surface area is 190 Å². The third kappa shape index (κ3) is 7.02. The number of rotatable bonds is 5. The maximum Gasteiger partial charge on any atom is 0.222 e. The largest absolute Gasteiger partial charge is 0.368 e. The standard InChI is InChI=1S/C19H29N5O3S.HI/c1-20-19(21-9-7-18(25)22-16-8-14-28(26,27)15-16)24-12-10-23(11-13-24)17-5-3-2-4-6-17;/h2-6,16H,7-15H2,1H3,(H,20,21)(H,22,25);1H. The molecule has 2 aliphatic rings. The van der Waals surface area contributed by atoms with E-state index in [0.717, 1.165) is 32.1 Å². The molecule has 2 fully saturated rings. The zero-order valence-corrected chi connectivity index (χ0v) is 19.9. The lowest BCUT2D eigenvalue weighted by atomic mass is 10.2. The number of nitrogens with zero attached hydrogens (tertiary/aromatic N) is 3. The van der Waals surface area contributed by atoms with Gasteiger partial charge in [0.1, 0.15) is 0 Å². The van der Waals surface area contributed by atoms with Gasteiger partial charge in [-0.1, -0.05) is 18.2 Å². The highest BCUT2D eigenvalue weighted by Crippen LogP contribution is 2.15. The van der Waals surface area contributed by atoms with E-state index in [1.807, 2.05) is 18.2 Å². The topological polar surface area (TPSA) is 94.1 Å². The summed E-state index contributed by atoms with van der Waals surface area (Å²) in [6.07, 6.45) is 0.800. The number of hydrogen-bond acceptors (Lipinski definition) is 5. The minimum Gasteiger partial charge on any atom is -0.368 e. The van der Waals surface area contributed by atoms with E-state index in [1.54, 1.807) is 7.05 Å². The van der Waals surface area contributed by atoms with E-state index in [2.05, 4.69) is 37.6 Å². The van der Waals surface area contributed by atoms with Crippen LogP contribution in [-0.4, -0.2) is 82.5 Å². The molecule has 162 valence electrons. The summed E-state index contributed by atoms with van der Waals surface area (Å²) in [5, 5.41) is 6.06.